The summed E-state index contributed by atoms with van der Waals surface area (Å²) < 4.78 is 4.11. The number of hydrogen-bond acceptors (Lipinski definition) is 4. The third-order valence-corrected chi connectivity index (χ3v) is 0.985. The van der Waals surface area contributed by atoms with E-state index in [0.29, 0.717) is 0 Å². The number of carbonyl (C=O) groups is 2. The Morgan fingerprint density at radius 3 is 2.80 bits per heavy atom. The summed E-state index contributed by atoms with van der Waals surface area (Å²) in [6.07, 6.45) is 0.920. The third-order valence-electron chi connectivity index (χ3n) is 0.985. The molecule has 0 fully saturated rings. The maximum atomic E-state index is 10.4. The SMILES string of the molecule is N#CC1=CC(=O)OC(=O)C1. The molecule has 0 radical (unpaired) electrons. The highest BCUT2D eigenvalue weighted by Gasteiger charge is 2.17. The van der Waals surface area contributed by atoms with Crippen molar-refractivity contribution in [2.75, 3.05) is 0 Å². The summed E-state index contributed by atoms with van der Waals surface area (Å²) in [5, 5.41) is 8.25. The van der Waals surface area contributed by atoms with Crippen molar-refractivity contribution in [3.05, 3.63) is 11.6 Å². The van der Waals surface area contributed by atoms with E-state index in [1.807, 2.05) is 0 Å². The Balaban J connectivity index is 2.87. The molecule has 50 valence electrons. The molecule has 0 atom stereocenters. The molecule has 1 rings (SSSR count). The molecule has 0 aromatic carbocycles. The van der Waals surface area contributed by atoms with Gasteiger partial charge in [-0.15, -0.1) is 0 Å². The van der Waals surface area contributed by atoms with Crippen LogP contribution in [0.3, 0.4) is 0 Å². The van der Waals surface area contributed by atoms with Crippen LogP contribution in [0.5, 0.6) is 0 Å². The zero-order chi connectivity index (χ0) is 7.56. The summed E-state index contributed by atoms with van der Waals surface area (Å²) >= 11 is 0. The molecule has 0 spiro atoms. The van der Waals surface area contributed by atoms with Crippen LogP contribution in [0.4, 0.5) is 0 Å². The van der Waals surface area contributed by atoms with Crippen LogP contribution >= 0.6 is 0 Å². The zero-order valence-electron chi connectivity index (χ0n) is 4.96. The Kier molecular flexibility index (Phi) is 1.50. The van der Waals surface area contributed by atoms with Crippen molar-refractivity contribution >= 4 is 11.9 Å². The van der Waals surface area contributed by atoms with Gasteiger partial charge < -0.3 is 4.74 Å². The van der Waals surface area contributed by atoms with E-state index in [1.54, 1.807) is 6.07 Å². The number of hydrogen-bond donors (Lipinski definition) is 0. The van der Waals surface area contributed by atoms with E-state index in [0.717, 1.165) is 6.08 Å². The Hall–Kier alpha value is -1.63. The molecular formula is C6H3NO3. The maximum absolute atomic E-state index is 10.4. The predicted molar refractivity (Wildman–Crippen MR) is 29.4 cm³/mol. The van der Waals surface area contributed by atoms with Gasteiger partial charge in [-0.2, -0.15) is 5.26 Å². The maximum Gasteiger partial charge on any atom is 0.339 e. The molecule has 0 bridgehead atoms. The van der Waals surface area contributed by atoms with E-state index < -0.39 is 11.9 Å². The summed E-state index contributed by atoms with van der Waals surface area (Å²) in [6, 6.07) is 1.70. The van der Waals surface area contributed by atoms with Crippen LogP contribution in [-0.2, 0) is 14.3 Å². The van der Waals surface area contributed by atoms with Crippen LogP contribution in [0.15, 0.2) is 11.6 Å². The van der Waals surface area contributed by atoms with Gasteiger partial charge in [0.25, 0.3) is 0 Å². The first-order valence-electron chi connectivity index (χ1n) is 2.57. The molecule has 1 aliphatic rings. The smallest absolute Gasteiger partial charge is 0.339 e. The third kappa shape index (κ3) is 1.20. The lowest BCUT2D eigenvalue weighted by molar-refractivity contribution is -0.156. The van der Waals surface area contributed by atoms with Crippen molar-refractivity contribution in [3.8, 4) is 6.07 Å². The van der Waals surface area contributed by atoms with Gasteiger partial charge in [0, 0.05) is 11.6 Å². The van der Waals surface area contributed by atoms with E-state index in [1.165, 1.54) is 0 Å². The molecule has 0 aliphatic carbocycles. The quantitative estimate of drug-likeness (QED) is 0.345. The summed E-state index contributed by atoms with van der Waals surface area (Å²) in [5.41, 5.74) is 0.154. The van der Waals surface area contributed by atoms with E-state index >= 15 is 0 Å². The lowest BCUT2D eigenvalue weighted by Gasteiger charge is -2.03. The van der Waals surface area contributed by atoms with Crippen LogP contribution in [-0.4, -0.2) is 11.9 Å². The highest BCUT2D eigenvalue weighted by Crippen LogP contribution is 2.07. The second-order valence-electron chi connectivity index (χ2n) is 1.75. The van der Waals surface area contributed by atoms with Crippen LogP contribution in [0.2, 0.25) is 0 Å². The average molecular weight is 137 g/mol. The first-order chi connectivity index (χ1) is 4.72. The topological polar surface area (TPSA) is 67.2 Å². The lowest BCUT2D eigenvalue weighted by Crippen LogP contribution is -2.16. The molecule has 0 saturated carbocycles. The van der Waals surface area contributed by atoms with Crippen molar-refractivity contribution in [3.63, 3.8) is 0 Å². The minimum Gasteiger partial charge on any atom is -0.390 e. The molecule has 4 nitrogen and oxygen atoms in total. The Bertz CT molecular complexity index is 259. The van der Waals surface area contributed by atoms with E-state index in [9.17, 15) is 9.59 Å². The fourth-order valence-corrected chi connectivity index (χ4v) is 0.598. The number of carbonyl (C=O) groups excluding carboxylic acids is 2. The van der Waals surface area contributed by atoms with Gasteiger partial charge >= 0.3 is 11.9 Å². The molecule has 0 aromatic rings. The van der Waals surface area contributed by atoms with Crippen LogP contribution < -0.4 is 0 Å². The molecule has 1 aliphatic heterocycles. The minimum absolute atomic E-state index is 0.0950. The number of ether oxygens (including phenoxy) is 1. The van der Waals surface area contributed by atoms with Gasteiger partial charge in [0.2, 0.25) is 0 Å². The van der Waals surface area contributed by atoms with Crippen molar-refractivity contribution in [1.29, 1.82) is 5.26 Å². The van der Waals surface area contributed by atoms with Gasteiger partial charge in [0.15, 0.2) is 0 Å². The normalized spacial score (nSPS) is 17.3. The largest absolute Gasteiger partial charge is 0.390 e. The highest BCUT2D eigenvalue weighted by atomic mass is 16.6. The molecule has 10 heavy (non-hydrogen) atoms. The van der Waals surface area contributed by atoms with Gasteiger partial charge in [0.05, 0.1) is 12.5 Å². The first-order valence-corrected chi connectivity index (χ1v) is 2.57. The van der Waals surface area contributed by atoms with Crippen molar-refractivity contribution in [1.82, 2.24) is 0 Å². The van der Waals surface area contributed by atoms with Crippen LogP contribution in [0.1, 0.15) is 6.42 Å². The van der Waals surface area contributed by atoms with Crippen LogP contribution in [0, 0.1) is 11.3 Å². The lowest BCUT2D eigenvalue weighted by atomic mass is 10.2. The van der Waals surface area contributed by atoms with E-state index in [-0.39, 0.29) is 12.0 Å². The summed E-state index contributed by atoms with van der Waals surface area (Å²) in [5.74, 6) is -1.42. The second kappa shape index (κ2) is 2.31. The predicted octanol–water partition coefficient (Wildman–Crippen LogP) is -0.0901. The standard InChI is InChI=1S/C6H3NO3/c7-3-4-1-5(8)10-6(9)2-4/h1H,2H2. The Labute approximate surface area is 56.7 Å². The fourth-order valence-electron chi connectivity index (χ4n) is 0.598. The van der Waals surface area contributed by atoms with E-state index in [2.05, 4.69) is 4.74 Å². The number of esters is 2. The van der Waals surface area contributed by atoms with Gasteiger partial charge in [-0.25, -0.2) is 4.79 Å². The second-order valence-corrected chi connectivity index (χ2v) is 1.75. The molecule has 0 N–H and O–H groups in total. The molecule has 0 saturated heterocycles. The summed E-state index contributed by atoms with van der Waals surface area (Å²) in [4.78, 5) is 20.8. The number of nitrogens with zero attached hydrogens (tertiary/aromatic N) is 1. The van der Waals surface area contributed by atoms with Gasteiger partial charge in [0.1, 0.15) is 0 Å². The summed E-state index contributed by atoms with van der Waals surface area (Å²) in [7, 11) is 0. The molecule has 0 unspecified atom stereocenters. The Morgan fingerprint density at radius 2 is 2.30 bits per heavy atom. The minimum atomic E-state index is -0.757. The average Bonchev–Trinajstić information content (AvgIpc) is 1.85. The highest BCUT2D eigenvalue weighted by molar-refractivity contribution is 5.97. The fraction of sp³-hybridized carbons (Fsp3) is 0.167. The molecular weight excluding hydrogens is 134 g/mol. The molecule has 4 heteroatoms. The zero-order valence-corrected chi connectivity index (χ0v) is 4.96. The van der Waals surface area contributed by atoms with Gasteiger partial charge in [-0.05, 0) is 0 Å². The van der Waals surface area contributed by atoms with Gasteiger partial charge in [-0.3, -0.25) is 4.79 Å². The number of rotatable bonds is 0. The monoisotopic (exact) mass is 137 g/mol. The van der Waals surface area contributed by atoms with Crippen molar-refractivity contribution < 1.29 is 14.3 Å². The molecule has 0 amide bonds. The molecule has 1 heterocycles. The molecule has 0 aromatic heterocycles. The van der Waals surface area contributed by atoms with Crippen molar-refractivity contribution in [2.24, 2.45) is 0 Å². The van der Waals surface area contributed by atoms with Gasteiger partial charge in [-0.1, -0.05) is 0 Å². The summed E-state index contributed by atoms with van der Waals surface area (Å²) in [6.45, 7) is 0. The van der Waals surface area contributed by atoms with E-state index in [4.69, 9.17) is 5.26 Å². The number of cyclic esters (lactones) is 2. The Morgan fingerprint density at radius 1 is 1.60 bits per heavy atom. The number of nitriles is 1. The first kappa shape index (κ1) is 6.49. The van der Waals surface area contributed by atoms with Crippen molar-refractivity contribution in [2.45, 2.75) is 6.42 Å². The van der Waals surface area contributed by atoms with Crippen LogP contribution in [0.25, 0.3) is 0 Å².